The summed E-state index contributed by atoms with van der Waals surface area (Å²) in [5, 5.41) is 12.7. The standard InChI is InChI=1S/C13H17N5O/c1-2-15-13(19)11-4-3-9(14)7-12(11)16-8-10-5-6-17-18-10/h3-7,16H,2,8,14H2,1H3,(H,15,19)(H,17,18). The van der Waals surface area contributed by atoms with E-state index in [-0.39, 0.29) is 5.91 Å². The number of nitrogen functional groups attached to an aromatic ring is 1. The zero-order valence-electron chi connectivity index (χ0n) is 10.7. The first-order valence-corrected chi connectivity index (χ1v) is 6.10. The Morgan fingerprint density at radius 3 is 2.95 bits per heavy atom. The van der Waals surface area contributed by atoms with Crippen LogP contribution in [-0.4, -0.2) is 22.6 Å². The molecule has 1 heterocycles. The van der Waals surface area contributed by atoms with Gasteiger partial charge < -0.3 is 16.4 Å². The van der Waals surface area contributed by atoms with Crippen molar-refractivity contribution in [1.82, 2.24) is 15.5 Å². The highest BCUT2D eigenvalue weighted by atomic mass is 16.1. The summed E-state index contributed by atoms with van der Waals surface area (Å²) in [5.41, 5.74) is 8.59. The number of carbonyl (C=O) groups is 1. The fraction of sp³-hybridized carbons (Fsp3) is 0.231. The number of carbonyl (C=O) groups excluding carboxylic acids is 1. The van der Waals surface area contributed by atoms with Gasteiger partial charge in [0.05, 0.1) is 17.8 Å². The van der Waals surface area contributed by atoms with Gasteiger partial charge in [0.1, 0.15) is 0 Å². The molecular formula is C13H17N5O. The molecule has 6 heteroatoms. The second kappa shape index (κ2) is 5.90. The van der Waals surface area contributed by atoms with Gasteiger partial charge in [0, 0.05) is 24.1 Å². The fourth-order valence-electron chi connectivity index (χ4n) is 1.74. The predicted octanol–water partition coefficient (Wildman–Crippen LogP) is 1.35. The number of aromatic nitrogens is 2. The summed E-state index contributed by atoms with van der Waals surface area (Å²) in [5.74, 6) is -0.116. The first kappa shape index (κ1) is 12.9. The van der Waals surface area contributed by atoms with Gasteiger partial charge in [0.25, 0.3) is 5.91 Å². The van der Waals surface area contributed by atoms with E-state index in [2.05, 4.69) is 20.8 Å². The second-order valence-electron chi connectivity index (χ2n) is 4.10. The van der Waals surface area contributed by atoms with Crippen molar-refractivity contribution >= 4 is 17.3 Å². The Kier molecular flexibility index (Phi) is 4.02. The monoisotopic (exact) mass is 259 g/mol. The van der Waals surface area contributed by atoms with Crippen molar-refractivity contribution < 1.29 is 4.79 Å². The number of aromatic amines is 1. The smallest absolute Gasteiger partial charge is 0.253 e. The highest BCUT2D eigenvalue weighted by molar-refractivity contribution is 6.00. The van der Waals surface area contributed by atoms with Gasteiger partial charge in [-0.05, 0) is 31.2 Å². The zero-order chi connectivity index (χ0) is 13.7. The van der Waals surface area contributed by atoms with Crippen LogP contribution in [0.5, 0.6) is 0 Å². The van der Waals surface area contributed by atoms with Crippen molar-refractivity contribution in [2.24, 2.45) is 0 Å². The van der Waals surface area contributed by atoms with Crippen LogP contribution in [0, 0.1) is 0 Å². The number of nitrogens with two attached hydrogens (primary N) is 1. The molecule has 0 radical (unpaired) electrons. The minimum atomic E-state index is -0.116. The Bertz CT molecular complexity index is 550. The van der Waals surface area contributed by atoms with Crippen molar-refractivity contribution in [2.75, 3.05) is 17.6 Å². The Hall–Kier alpha value is -2.50. The van der Waals surface area contributed by atoms with E-state index in [1.54, 1.807) is 24.4 Å². The molecule has 0 fully saturated rings. The van der Waals surface area contributed by atoms with Gasteiger partial charge in [0.15, 0.2) is 0 Å². The van der Waals surface area contributed by atoms with Crippen molar-refractivity contribution in [3.8, 4) is 0 Å². The largest absolute Gasteiger partial charge is 0.399 e. The number of hydrogen-bond acceptors (Lipinski definition) is 4. The van der Waals surface area contributed by atoms with Crippen LogP contribution in [0.25, 0.3) is 0 Å². The van der Waals surface area contributed by atoms with E-state index in [4.69, 9.17) is 5.73 Å². The number of rotatable bonds is 5. The van der Waals surface area contributed by atoms with Crippen LogP contribution in [-0.2, 0) is 6.54 Å². The van der Waals surface area contributed by atoms with Crippen molar-refractivity contribution in [2.45, 2.75) is 13.5 Å². The molecule has 1 aromatic carbocycles. The summed E-state index contributed by atoms with van der Waals surface area (Å²) in [6.07, 6.45) is 1.68. The summed E-state index contributed by atoms with van der Waals surface area (Å²) in [4.78, 5) is 11.9. The average Bonchev–Trinajstić information content (AvgIpc) is 2.89. The lowest BCUT2D eigenvalue weighted by molar-refractivity contribution is 0.0956. The SMILES string of the molecule is CCNC(=O)c1ccc(N)cc1NCc1ccn[nH]1. The molecule has 0 aliphatic carbocycles. The predicted molar refractivity (Wildman–Crippen MR) is 74.8 cm³/mol. The van der Waals surface area contributed by atoms with Crippen LogP contribution in [0.3, 0.4) is 0 Å². The number of nitrogens with one attached hydrogen (secondary N) is 3. The Morgan fingerprint density at radius 2 is 2.26 bits per heavy atom. The molecule has 6 nitrogen and oxygen atoms in total. The number of hydrogen-bond donors (Lipinski definition) is 4. The molecule has 2 aromatic rings. The highest BCUT2D eigenvalue weighted by Gasteiger charge is 2.10. The molecule has 2 rings (SSSR count). The van der Waals surface area contributed by atoms with Crippen LogP contribution in [0.4, 0.5) is 11.4 Å². The first-order chi connectivity index (χ1) is 9.20. The molecule has 0 spiro atoms. The second-order valence-corrected chi connectivity index (χ2v) is 4.10. The normalized spacial score (nSPS) is 10.2. The van der Waals surface area contributed by atoms with Gasteiger partial charge >= 0.3 is 0 Å². The van der Waals surface area contributed by atoms with E-state index >= 15 is 0 Å². The van der Waals surface area contributed by atoms with Crippen molar-refractivity contribution in [3.63, 3.8) is 0 Å². The minimum Gasteiger partial charge on any atom is -0.399 e. The highest BCUT2D eigenvalue weighted by Crippen LogP contribution is 2.19. The third-order valence-corrected chi connectivity index (χ3v) is 2.65. The van der Waals surface area contributed by atoms with E-state index in [9.17, 15) is 4.79 Å². The number of amides is 1. The van der Waals surface area contributed by atoms with E-state index in [1.807, 2.05) is 13.0 Å². The summed E-state index contributed by atoms with van der Waals surface area (Å²) in [6, 6.07) is 7.05. The number of H-pyrrole nitrogens is 1. The zero-order valence-corrected chi connectivity index (χ0v) is 10.7. The van der Waals surface area contributed by atoms with Gasteiger partial charge in [-0.1, -0.05) is 0 Å². The van der Waals surface area contributed by atoms with Crippen LogP contribution in [0.15, 0.2) is 30.5 Å². The molecule has 0 saturated carbocycles. The van der Waals surface area contributed by atoms with Gasteiger partial charge in [-0.3, -0.25) is 9.89 Å². The lowest BCUT2D eigenvalue weighted by Gasteiger charge is -2.12. The number of benzene rings is 1. The number of anilines is 2. The van der Waals surface area contributed by atoms with Gasteiger partial charge in [-0.15, -0.1) is 0 Å². The van der Waals surface area contributed by atoms with Crippen LogP contribution in [0.1, 0.15) is 23.0 Å². The Balaban J connectivity index is 2.17. The molecule has 19 heavy (non-hydrogen) atoms. The van der Waals surface area contributed by atoms with E-state index in [0.29, 0.717) is 30.0 Å². The maximum absolute atomic E-state index is 11.9. The van der Waals surface area contributed by atoms with Gasteiger partial charge in [0.2, 0.25) is 0 Å². The number of nitrogens with zero attached hydrogens (tertiary/aromatic N) is 1. The maximum atomic E-state index is 11.9. The van der Waals surface area contributed by atoms with Gasteiger partial charge in [-0.2, -0.15) is 5.10 Å². The van der Waals surface area contributed by atoms with E-state index in [0.717, 1.165) is 5.69 Å². The third kappa shape index (κ3) is 3.25. The molecule has 100 valence electrons. The minimum absolute atomic E-state index is 0.116. The third-order valence-electron chi connectivity index (χ3n) is 2.65. The lowest BCUT2D eigenvalue weighted by Crippen LogP contribution is -2.24. The summed E-state index contributed by atoms with van der Waals surface area (Å²) < 4.78 is 0. The van der Waals surface area contributed by atoms with Crippen molar-refractivity contribution in [3.05, 3.63) is 41.7 Å². The van der Waals surface area contributed by atoms with Gasteiger partial charge in [-0.25, -0.2) is 0 Å². The molecule has 1 aromatic heterocycles. The average molecular weight is 259 g/mol. The summed E-state index contributed by atoms with van der Waals surface area (Å²) in [6.45, 7) is 3.02. The molecule has 0 bridgehead atoms. The van der Waals surface area contributed by atoms with E-state index < -0.39 is 0 Å². The Labute approximate surface area is 111 Å². The first-order valence-electron chi connectivity index (χ1n) is 6.10. The molecule has 5 N–H and O–H groups in total. The van der Waals surface area contributed by atoms with Crippen LogP contribution < -0.4 is 16.4 Å². The van der Waals surface area contributed by atoms with Crippen LogP contribution >= 0.6 is 0 Å². The Morgan fingerprint density at radius 1 is 1.42 bits per heavy atom. The fourth-order valence-corrected chi connectivity index (χ4v) is 1.74. The summed E-state index contributed by atoms with van der Waals surface area (Å²) >= 11 is 0. The summed E-state index contributed by atoms with van der Waals surface area (Å²) in [7, 11) is 0. The molecule has 0 saturated heterocycles. The maximum Gasteiger partial charge on any atom is 0.253 e. The molecule has 1 amide bonds. The topological polar surface area (TPSA) is 95.8 Å². The molecule has 0 aliphatic heterocycles. The molecular weight excluding hydrogens is 242 g/mol. The molecule has 0 aliphatic rings. The van der Waals surface area contributed by atoms with Crippen LogP contribution in [0.2, 0.25) is 0 Å². The quantitative estimate of drug-likeness (QED) is 0.609. The molecule has 0 unspecified atom stereocenters. The van der Waals surface area contributed by atoms with E-state index in [1.165, 1.54) is 0 Å². The molecule has 0 atom stereocenters. The lowest BCUT2D eigenvalue weighted by atomic mass is 10.1. The van der Waals surface area contributed by atoms with Crippen molar-refractivity contribution in [1.29, 1.82) is 0 Å².